The van der Waals surface area contributed by atoms with Crippen LogP contribution in [-0.4, -0.2) is 63.7 Å². The van der Waals surface area contributed by atoms with Crippen LogP contribution in [0.4, 0.5) is 14.9 Å². The van der Waals surface area contributed by atoms with Crippen molar-refractivity contribution in [2.75, 3.05) is 32.1 Å². The third-order valence-electron chi connectivity index (χ3n) is 7.81. The number of anilines is 1. The number of amides is 3. The normalized spacial score (nSPS) is 15.5. The van der Waals surface area contributed by atoms with Crippen LogP contribution in [0.3, 0.4) is 0 Å². The molecule has 0 unspecified atom stereocenters. The second-order valence-corrected chi connectivity index (χ2v) is 10.7. The van der Waals surface area contributed by atoms with E-state index < -0.39 is 17.1 Å². The highest BCUT2D eigenvalue weighted by Crippen LogP contribution is 2.28. The summed E-state index contributed by atoms with van der Waals surface area (Å²) in [4.78, 5) is 56.4. The van der Waals surface area contributed by atoms with Crippen molar-refractivity contribution >= 4 is 29.2 Å². The second-order valence-electron chi connectivity index (χ2n) is 10.3. The molecule has 2 aliphatic rings. The van der Waals surface area contributed by atoms with Crippen molar-refractivity contribution in [3.8, 4) is 11.1 Å². The van der Waals surface area contributed by atoms with Crippen LogP contribution >= 0.6 is 11.6 Å². The van der Waals surface area contributed by atoms with E-state index in [1.165, 1.54) is 25.4 Å². The fraction of sp³-hybridized carbons (Fsp3) is 0.333. The molecule has 12 heteroatoms. The fourth-order valence-corrected chi connectivity index (χ4v) is 5.68. The average molecular weight is 596 g/mol. The van der Waals surface area contributed by atoms with Gasteiger partial charge < -0.3 is 19.9 Å². The van der Waals surface area contributed by atoms with E-state index in [4.69, 9.17) is 16.3 Å². The Balaban J connectivity index is 1.34. The highest BCUT2D eigenvalue weighted by atomic mass is 35.5. The van der Waals surface area contributed by atoms with Crippen LogP contribution in [0.2, 0.25) is 5.02 Å². The van der Waals surface area contributed by atoms with Crippen molar-refractivity contribution in [2.24, 2.45) is 0 Å². The van der Waals surface area contributed by atoms with Crippen LogP contribution in [0.25, 0.3) is 11.1 Å². The number of nitrogens with one attached hydrogen (secondary N) is 1. The maximum Gasteiger partial charge on any atom is 0.331 e. The average Bonchev–Trinajstić information content (AvgIpc) is 3.16. The number of benzene rings is 2. The van der Waals surface area contributed by atoms with Crippen molar-refractivity contribution in [3.63, 3.8) is 0 Å². The molecule has 42 heavy (non-hydrogen) atoms. The van der Waals surface area contributed by atoms with Crippen LogP contribution in [-0.2, 0) is 29.0 Å². The van der Waals surface area contributed by atoms with Crippen LogP contribution in [0.15, 0.2) is 70.6 Å². The fourth-order valence-electron chi connectivity index (χ4n) is 5.45. The molecule has 5 rings (SSSR count). The van der Waals surface area contributed by atoms with E-state index in [0.29, 0.717) is 32.5 Å². The predicted molar refractivity (Wildman–Crippen MR) is 157 cm³/mol. The number of hydrogen-bond acceptors (Lipinski definition) is 5. The highest BCUT2D eigenvalue weighted by molar-refractivity contribution is 6.33. The lowest BCUT2D eigenvalue weighted by atomic mass is 10.0. The number of urea groups is 1. The summed E-state index contributed by atoms with van der Waals surface area (Å²) in [5.74, 6) is -0.896. The number of likely N-dealkylation sites (tertiary alicyclic amines) is 1. The minimum atomic E-state index is -0.737. The molecule has 0 bridgehead atoms. The van der Waals surface area contributed by atoms with Gasteiger partial charge in [0.25, 0.3) is 5.56 Å². The first kappa shape index (κ1) is 29.1. The molecule has 10 nitrogen and oxygen atoms in total. The van der Waals surface area contributed by atoms with Gasteiger partial charge in [0.1, 0.15) is 18.1 Å². The predicted octanol–water partition coefficient (Wildman–Crippen LogP) is 3.71. The molecule has 1 fully saturated rings. The van der Waals surface area contributed by atoms with Gasteiger partial charge >= 0.3 is 11.7 Å². The van der Waals surface area contributed by atoms with Gasteiger partial charge in [0.2, 0.25) is 5.91 Å². The number of allylic oxidation sites excluding steroid dienone is 1. The van der Waals surface area contributed by atoms with Gasteiger partial charge in [0.05, 0.1) is 24.2 Å². The minimum Gasteiger partial charge on any atom is -0.500 e. The van der Waals surface area contributed by atoms with Gasteiger partial charge in [-0.15, -0.1) is 0 Å². The Hall–Kier alpha value is -4.38. The second kappa shape index (κ2) is 12.2. The number of piperidine rings is 1. The number of rotatable bonds is 7. The number of ether oxygens (including phenoxy) is 1. The van der Waals surface area contributed by atoms with Crippen LogP contribution in [0.5, 0.6) is 0 Å². The number of hydrogen-bond donors (Lipinski definition) is 1. The van der Waals surface area contributed by atoms with Crippen molar-refractivity contribution in [1.82, 2.24) is 18.9 Å². The lowest BCUT2D eigenvalue weighted by Gasteiger charge is -2.38. The summed E-state index contributed by atoms with van der Waals surface area (Å²) in [6.45, 7) is 4.48. The number of halogens is 2. The van der Waals surface area contributed by atoms with Gasteiger partial charge in [0, 0.05) is 43.1 Å². The Labute approximate surface area is 246 Å². The largest absolute Gasteiger partial charge is 0.500 e. The molecule has 0 atom stereocenters. The molecule has 3 aromatic rings. The topological polar surface area (TPSA) is 106 Å². The maximum absolute atomic E-state index is 14.2. The number of carbonyl (C=O) groups is 2. The smallest absolute Gasteiger partial charge is 0.331 e. The zero-order valence-corrected chi connectivity index (χ0v) is 23.9. The Bertz CT molecular complexity index is 1660. The summed E-state index contributed by atoms with van der Waals surface area (Å²) in [5, 5.41) is 2.72. The highest BCUT2D eigenvalue weighted by Gasteiger charge is 2.31. The third kappa shape index (κ3) is 5.82. The molecule has 0 spiro atoms. The lowest BCUT2D eigenvalue weighted by Crippen LogP contribution is -2.51. The molecule has 220 valence electrons. The van der Waals surface area contributed by atoms with Crippen molar-refractivity contribution < 1.29 is 18.7 Å². The lowest BCUT2D eigenvalue weighted by molar-refractivity contribution is -0.133. The van der Waals surface area contributed by atoms with Gasteiger partial charge in [0.15, 0.2) is 0 Å². The molecule has 2 aliphatic heterocycles. The zero-order valence-electron chi connectivity index (χ0n) is 23.1. The number of methoxy groups -OCH3 is 1. The Morgan fingerprint density at radius 3 is 2.52 bits per heavy atom. The first-order valence-corrected chi connectivity index (χ1v) is 14.0. The molecule has 3 heterocycles. The third-order valence-corrected chi connectivity index (χ3v) is 8.19. The van der Waals surface area contributed by atoms with Crippen molar-refractivity contribution in [2.45, 2.75) is 38.4 Å². The molecule has 0 saturated carbocycles. The molecule has 0 radical (unpaired) electrons. The number of fused-ring (bicyclic) bond motifs is 1. The van der Waals surface area contributed by atoms with E-state index in [-0.39, 0.29) is 53.0 Å². The summed E-state index contributed by atoms with van der Waals surface area (Å²) in [7, 11) is 1.36. The van der Waals surface area contributed by atoms with Gasteiger partial charge in [-0.25, -0.2) is 14.0 Å². The van der Waals surface area contributed by atoms with E-state index in [2.05, 4.69) is 11.9 Å². The number of carbonyl (C=O) groups excluding carboxylic acids is 2. The summed E-state index contributed by atoms with van der Waals surface area (Å²) in [6, 6.07) is 11.6. The van der Waals surface area contributed by atoms with Gasteiger partial charge in [-0.3, -0.25) is 18.7 Å². The van der Waals surface area contributed by atoms with Gasteiger partial charge in [-0.2, -0.15) is 0 Å². The molecule has 1 N–H and O–H groups in total. The van der Waals surface area contributed by atoms with E-state index >= 15 is 0 Å². The van der Waals surface area contributed by atoms with Crippen LogP contribution in [0, 0.1) is 5.82 Å². The SMILES string of the molecule is C=C(Cn1c(=O)c(-c2cccc(F)c2Cl)cn(CC(=O)N2CCC(N3CCc4ccccc4NC3=O)CC2)c1=O)OC. The van der Waals surface area contributed by atoms with Crippen molar-refractivity contribution in [3.05, 3.63) is 98.2 Å². The molecular formula is C30H31ClFN5O5. The molecule has 1 aromatic heterocycles. The number of aromatic nitrogens is 2. The van der Waals surface area contributed by atoms with E-state index in [9.17, 15) is 23.6 Å². The summed E-state index contributed by atoms with van der Waals surface area (Å²) >= 11 is 6.17. The standard InChI is InChI=1S/C30H31ClFN5O5/c1-19(42-2)16-37-28(39)23(22-7-5-8-24(32)27(22)31)17-35(30(37)41)18-26(38)34-13-11-21(12-14-34)36-15-10-20-6-3-4-9-25(20)33-29(36)40/h3-9,17,21H,1,10-16,18H2,2H3,(H,33,40). The Morgan fingerprint density at radius 2 is 1.79 bits per heavy atom. The van der Waals surface area contributed by atoms with E-state index in [1.807, 2.05) is 29.2 Å². The van der Waals surface area contributed by atoms with E-state index in [0.717, 1.165) is 32.9 Å². The summed E-state index contributed by atoms with van der Waals surface area (Å²) in [6.07, 6.45) is 3.14. The monoisotopic (exact) mass is 595 g/mol. The zero-order chi connectivity index (χ0) is 30.0. The minimum absolute atomic E-state index is 0.0326. The summed E-state index contributed by atoms with van der Waals surface area (Å²) in [5.41, 5.74) is 0.505. The molecule has 3 amide bonds. The molecule has 0 aliphatic carbocycles. The van der Waals surface area contributed by atoms with Crippen LogP contribution < -0.4 is 16.6 Å². The maximum atomic E-state index is 14.2. The molecular weight excluding hydrogens is 565 g/mol. The van der Waals surface area contributed by atoms with Gasteiger partial charge in [-0.1, -0.05) is 48.5 Å². The van der Waals surface area contributed by atoms with Crippen LogP contribution in [0.1, 0.15) is 18.4 Å². The number of nitrogens with zero attached hydrogens (tertiary/aromatic N) is 4. The number of para-hydroxylation sites is 1. The quantitative estimate of drug-likeness (QED) is 0.419. The molecule has 2 aromatic carbocycles. The van der Waals surface area contributed by atoms with Gasteiger partial charge in [-0.05, 0) is 37.0 Å². The first-order valence-electron chi connectivity index (χ1n) is 13.6. The first-order chi connectivity index (χ1) is 20.2. The van der Waals surface area contributed by atoms with E-state index in [1.54, 1.807) is 4.90 Å². The molecule has 1 saturated heterocycles. The Kier molecular flexibility index (Phi) is 8.49. The Morgan fingerprint density at radius 1 is 1.05 bits per heavy atom. The summed E-state index contributed by atoms with van der Waals surface area (Å²) < 4.78 is 21.3. The van der Waals surface area contributed by atoms with Crippen molar-refractivity contribution in [1.29, 1.82) is 0 Å².